The first-order chi connectivity index (χ1) is 16.0. The van der Waals surface area contributed by atoms with Gasteiger partial charge in [0.05, 0.1) is 7.11 Å². The molecule has 0 fully saturated rings. The standard InChI is InChI=1S/C25H39N3O5/c1-32-22-16-14-21(15-17-22)28-23(29)20-33-19-13-11-9-7-5-3-2-4-6-8-10-12-18-27-25(31)24(26)30/h2,4,14-17H,3,5-13,18-20H2,1H3,(H2,26,30)(H,27,31)(H,28,29)/b4-2-. The Bertz CT molecular complexity index is 719. The number of hydrogen-bond acceptors (Lipinski definition) is 5. The Morgan fingerprint density at radius 3 is 2.12 bits per heavy atom. The van der Waals surface area contributed by atoms with Crippen molar-refractivity contribution in [3.8, 4) is 5.75 Å². The van der Waals surface area contributed by atoms with Gasteiger partial charge in [-0.15, -0.1) is 0 Å². The van der Waals surface area contributed by atoms with E-state index in [9.17, 15) is 14.4 Å². The van der Waals surface area contributed by atoms with Crippen LogP contribution < -0.4 is 21.1 Å². The van der Waals surface area contributed by atoms with Gasteiger partial charge in [0.1, 0.15) is 12.4 Å². The number of rotatable bonds is 18. The Balaban J connectivity index is 1.84. The minimum absolute atomic E-state index is 0.0683. The van der Waals surface area contributed by atoms with Crippen LogP contribution in [0.3, 0.4) is 0 Å². The first kappa shape index (κ1) is 28.2. The van der Waals surface area contributed by atoms with Crippen molar-refractivity contribution >= 4 is 23.4 Å². The quantitative estimate of drug-likeness (QED) is 0.175. The molecule has 1 aromatic carbocycles. The Kier molecular flexibility index (Phi) is 15.9. The van der Waals surface area contributed by atoms with E-state index in [0.717, 1.165) is 56.4 Å². The highest BCUT2D eigenvalue weighted by molar-refractivity contribution is 6.34. The average Bonchev–Trinajstić information content (AvgIpc) is 2.81. The largest absolute Gasteiger partial charge is 0.497 e. The highest BCUT2D eigenvalue weighted by atomic mass is 16.5. The first-order valence-electron chi connectivity index (χ1n) is 11.8. The van der Waals surface area contributed by atoms with Gasteiger partial charge in [0, 0.05) is 18.8 Å². The topological polar surface area (TPSA) is 120 Å². The van der Waals surface area contributed by atoms with Crippen molar-refractivity contribution in [1.82, 2.24) is 5.32 Å². The third-order valence-electron chi connectivity index (χ3n) is 4.99. The third-order valence-corrected chi connectivity index (χ3v) is 4.99. The number of carbonyl (C=O) groups is 3. The van der Waals surface area contributed by atoms with E-state index in [0.29, 0.717) is 13.2 Å². The maximum Gasteiger partial charge on any atom is 0.309 e. The fourth-order valence-electron chi connectivity index (χ4n) is 3.12. The number of amides is 3. The van der Waals surface area contributed by atoms with Gasteiger partial charge < -0.3 is 25.8 Å². The van der Waals surface area contributed by atoms with Gasteiger partial charge in [-0.2, -0.15) is 0 Å². The van der Waals surface area contributed by atoms with E-state index in [4.69, 9.17) is 15.2 Å². The Hall–Kier alpha value is -2.87. The lowest BCUT2D eigenvalue weighted by Crippen LogP contribution is -2.36. The zero-order chi connectivity index (χ0) is 24.2. The minimum atomic E-state index is -0.933. The lowest BCUT2D eigenvalue weighted by molar-refractivity contribution is -0.137. The molecule has 0 atom stereocenters. The SMILES string of the molecule is COc1ccc(NC(=O)COCCCCCCC/C=C\CCCCCNC(=O)C(N)=O)cc1. The molecule has 1 aromatic rings. The molecule has 1 rings (SSSR count). The number of anilines is 1. The Morgan fingerprint density at radius 2 is 1.48 bits per heavy atom. The monoisotopic (exact) mass is 461 g/mol. The lowest BCUT2D eigenvalue weighted by Gasteiger charge is -2.07. The Morgan fingerprint density at radius 1 is 0.879 bits per heavy atom. The van der Waals surface area contributed by atoms with Gasteiger partial charge in [-0.3, -0.25) is 14.4 Å². The molecule has 0 aliphatic rings. The summed E-state index contributed by atoms with van der Waals surface area (Å²) in [7, 11) is 1.60. The van der Waals surface area contributed by atoms with Crippen LogP contribution in [0.1, 0.15) is 64.2 Å². The smallest absolute Gasteiger partial charge is 0.309 e. The van der Waals surface area contributed by atoms with Gasteiger partial charge in [-0.05, 0) is 62.8 Å². The predicted molar refractivity (Wildman–Crippen MR) is 130 cm³/mol. The zero-order valence-electron chi connectivity index (χ0n) is 19.8. The van der Waals surface area contributed by atoms with Crippen LogP contribution in [-0.2, 0) is 19.1 Å². The lowest BCUT2D eigenvalue weighted by atomic mass is 10.1. The molecule has 0 bridgehead atoms. The van der Waals surface area contributed by atoms with Crippen molar-refractivity contribution in [2.75, 3.05) is 32.2 Å². The van der Waals surface area contributed by atoms with E-state index in [2.05, 4.69) is 22.8 Å². The van der Waals surface area contributed by atoms with Crippen molar-refractivity contribution in [3.63, 3.8) is 0 Å². The molecule has 0 saturated heterocycles. The van der Waals surface area contributed by atoms with Crippen LogP contribution in [0.4, 0.5) is 5.69 Å². The number of hydrogen-bond donors (Lipinski definition) is 3. The molecular weight excluding hydrogens is 422 g/mol. The maximum atomic E-state index is 11.9. The summed E-state index contributed by atoms with van der Waals surface area (Å²) in [5.41, 5.74) is 5.59. The fraction of sp³-hybridized carbons (Fsp3) is 0.560. The number of primary amides is 1. The molecule has 0 heterocycles. The number of methoxy groups -OCH3 is 1. The molecule has 4 N–H and O–H groups in total. The molecule has 33 heavy (non-hydrogen) atoms. The second kappa shape index (κ2) is 18.7. The van der Waals surface area contributed by atoms with Crippen molar-refractivity contribution < 1.29 is 23.9 Å². The third kappa shape index (κ3) is 15.6. The normalized spacial score (nSPS) is 10.8. The van der Waals surface area contributed by atoms with E-state index in [-0.39, 0.29) is 12.5 Å². The van der Waals surface area contributed by atoms with Crippen molar-refractivity contribution in [3.05, 3.63) is 36.4 Å². The average molecular weight is 462 g/mol. The summed E-state index contributed by atoms with van der Waals surface area (Å²) in [4.78, 5) is 33.4. The molecule has 0 saturated carbocycles. The van der Waals surface area contributed by atoms with E-state index in [1.165, 1.54) is 19.3 Å². The van der Waals surface area contributed by atoms with E-state index in [1.807, 2.05) is 0 Å². The minimum Gasteiger partial charge on any atom is -0.497 e. The second-order valence-corrected chi connectivity index (χ2v) is 7.83. The van der Waals surface area contributed by atoms with Crippen LogP contribution in [0, 0.1) is 0 Å². The van der Waals surface area contributed by atoms with Crippen LogP contribution in [-0.4, -0.2) is 44.6 Å². The molecule has 0 aliphatic heterocycles. The molecule has 0 aliphatic carbocycles. The number of nitrogens with two attached hydrogens (primary N) is 1. The van der Waals surface area contributed by atoms with Crippen LogP contribution in [0.2, 0.25) is 0 Å². The maximum absolute atomic E-state index is 11.9. The van der Waals surface area contributed by atoms with Gasteiger partial charge in [0.2, 0.25) is 5.91 Å². The van der Waals surface area contributed by atoms with Crippen molar-refractivity contribution in [2.45, 2.75) is 64.2 Å². The number of benzene rings is 1. The summed E-state index contributed by atoms with van der Waals surface area (Å²) in [5.74, 6) is -1.05. The zero-order valence-corrected chi connectivity index (χ0v) is 19.8. The molecular formula is C25H39N3O5. The van der Waals surface area contributed by atoms with Crippen LogP contribution in [0.25, 0.3) is 0 Å². The molecule has 184 valence electrons. The second-order valence-electron chi connectivity index (χ2n) is 7.83. The van der Waals surface area contributed by atoms with Crippen LogP contribution in [0.15, 0.2) is 36.4 Å². The number of unbranched alkanes of at least 4 members (excludes halogenated alkanes) is 8. The van der Waals surface area contributed by atoms with Gasteiger partial charge in [0.15, 0.2) is 0 Å². The molecule has 0 unspecified atom stereocenters. The number of allylic oxidation sites excluding steroid dienone is 2. The van der Waals surface area contributed by atoms with Crippen LogP contribution in [0.5, 0.6) is 5.75 Å². The van der Waals surface area contributed by atoms with Crippen molar-refractivity contribution in [1.29, 1.82) is 0 Å². The summed E-state index contributed by atoms with van der Waals surface area (Å²) in [5, 5.41) is 5.28. The van der Waals surface area contributed by atoms with Gasteiger partial charge in [-0.1, -0.05) is 37.8 Å². The molecule has 8 heteroatoms. The first-order valence-corrected chi connectivity index (χ1v) is 11.8. The van der Waals surface area contributed by atoms with Crippen LogP contribution >= 0.6 is 0 Å². The number of ether oxygens (including phenoxy) is 2. The summed E-state index contributed by atoms with van der Waals surface area (Å²) in [6.45, 7) is 1.16. The molecule has 3 amide bonds. The fourth-order valence-corrected chi connectivity index (χ4v) is 3.12. The van der Waals surface area contributed by atoms with Crippen molar-refractivity contribution in [2.24, 2.45) is 5.73 Å². The molecule has 0 aromatic heterocycles. The predicted octanol–water partition coefficient (Wildman–Crippen LogP) is 3.71. The summed E-state index contributed by atoms with van der Waals surface area (Å²) in [6, 6.07) is 7.19. The van der Waals surface area contributed by atoms with E-state index in [1.54, 1.807) is 31.4 Å². The van der Waals surface area contributed by atoms with E-state index < -0.39 is 11.8 Å². The molecule has 8 nitrogen and oxygen atoms in total. The molecule has 0 spiro atoms. The van der Waals surface area contributed by atoms with Gasteiger partial charge in [-0.25, -0.2) is 0 Å². The van der Waals surface area contributed by atoms with Gasteiger partial charge in [0.25, 0.3) is 0 Å². The Labute approximate surface area is 197 Å². The highest BCUT2D eigenvalue weighted by Gasteiger charge is 2.06. The highest BCUT2D eigenvalue weighted by Crippen LogP contribution is 2.14. The van der Waals surface area contributed by atoms with Gasteiger partial charge >= 0.3 is 11.8 Å². The number of carbonyl (C=O) groups excluding carboxylic acids is 3. The summed E-state index contributed by atoms with van der Waals surface area (Å²) in [6.07, 6.45) is 15.1. The summed E-state index contributed by atoms with van der Waals surface area (Å²) < 4.78 is 10.5. The van der Waals surface area contributed by atoms with E-state index >= 15 is 0 Å². The molecule has 0 radical (unpaired) electrons. The summed E-state index contributed by atoms with van der Waals surface area (Å²) >= 11 is 0. The number of nitrogens with one attached hydrogen (secondary N) is 2.